The highest BCUT2D eigenvalue weighted by Crippen LogP contribution is 2.27. The van der Waals surface area contributed by atoms with Crippen LogP contribution in [0.15, 0.2) is 0 Å². The maximum atomic E-state index is 11.0. The Morgan fingerprint density at radius 1 is 1.39 bits per heavy atom. The van der Waals surface area contributed by atoms with Crippen LogP contribution in [0.4, 0.5) is 0 Å². The number of carboxylic acid groups (broad SMARTS) is 1. The molecule has 0 aliphatic rings. The van der Waals surface area contributed by atoms with Gasteiger partial charge in [-0.25, -0.2) is 0 Å². The molecule has 1 rings (SSSR count). The van der Waals surface area contributed by atoms with Gasteiger partial charge in [0.25, 0.3) is 0 Å². The average Bonchev–Trinajstić information content (AvgIpc) is 2.48. The lowest BCUT2D eigenvalue weighted by molar-refractivity contribution is -0.139. The fourth-order valence-electron chi connectivity index (χ4n) is 2.48. The number of hydrogen-bond acceptors (Lipinski definition) is 3. The van der Waals surface area contributed by atoms with Crippen LogP contribution >= 0.6 is 0 Å². The van der Waals surface area contributed by atoms with Crippen LogP contribution in [0.25, 0.3) is 0 Å². The van der Waals surface area contributed by atoms with Crippen LogP contribution in [0.3, 0.4) is 0 Å². The van der Waals surface area contributed by atoms with Crippen molar-refractivity contribution >= 4 is 5.97 Å². The van der Waals surface area contributed by atoms with Crippen molar-refractivity contribution in [1.29, 1.82) is 0 Å². The van der Waals surface area contributed by atoms with Crippen LogP contribution in [-0.4, -0.2) is 38.3 Å². The number of nitrogens with zero attached hydrogens (tertiary/aromatic N) is 3. The first-order valence-corrected chi connectivity index (χ1v) is 6.23. The van der Waals surface area contributed by atoms with E-state index in [1.807, 2.05) is 51.2 Å². The number of aromatic nitrogens is 2. The monoisotopic (exact) mass is 253 g/mol. The van der Waals surface area contributed by atoms with Gasteiger partial charge < -0.3 is 5.11 Å². The van der Waals surface area contributed by atoms with E-state index >= 15 is 0 Å². The van der Waals surface area contributed by atoms with E-state index in [9.17, 15) is 4.79 Å². The maximum absolute atomic E-state index is 11.0. The molecule has 0 bridgehead atoms. The van der Waals surface area contributed by atoms with Gasteiger partial charge in [0.05, 0.1) is 12.2 Å². The smallest absolute Gasteiger partial charge is 0.317 e. The maximum Gasteiger partial charge on any atom is 0.317 e. The highest BCUT2D eigenvalue weighted by Gasteiger charge is 2.25. The Bertz CT molecular complexity index is 438. The molecular formula is C13H23N3O2. The van der Waals surface area contributed by atoms with Crippen LogP contribution in [0.1, 0.15) is 43.8 Å². The molecule has 102 valence electrons. The fourth-order valence-corrected chi connectivity index (χ4v) is 2.48. The van der Waals surface area contributed by atoms with E-state index in [-0.39, 0.29) is 18.6 Å². The Balaban J connectivity index is 3.09. The second-order valence-corrected chi connectivity index (χ2v) is 5.04. The number of carbonyl (C=O) groups is 1. The molecule has 0 aromatic carbocycles. The van der Waals surface area contributed by atoms with Crippen molar-refractivity contribution < 1.29 is 9.90 Å². The molecule has 1 aromatic rings. The third kappa shape index (κ3) is 2.90. The fraction of sp³-hybridized carbons (Fsp3) is 0.692. The van der Waals surface area contributed by atoms with Gasteiger partial charge in [0.2, 0.25) is 0 Å². The van der Waals surface area contributed by atoms with Gasteiger partial charge in [0, 0.05) is 30.4 Å². The summed E-state index contributed by atoms with van der Waals surface area (Å²) in [5, 5.41) is 13.4. The first-order chi connectivity index (χ1) is 8.25. The first-order valence-electron chi connectivity index (χ1n) is 6.23. The van der Waals surface area contributed by atoms with Gasteiger partial charge in [0.15, 0.2) is 0 Å². The minimum atomic E-state index is -0.797. The zero-order chi connectivity index (χ0) is 14.0. The number of aliphatic carboxylic acids is 1. The normalized spacial score (nSPS) is 13.3. The van der Waals surface area contributed by atoms with Crippen molar-refractivity contribution in [3.63, 3.8) is 0 Å². The van der Waals surface area contributed by atoms with Crippen LogP contribution < -0.4 is 0 Å². The standard InChI is InChI=1S/C13H23N3O2/c1-8(2)16(7-12(17)18)11(5)13-9(3)14-15(6)10(13)4/h8,11H,7H2,1-6H3,(H,17,18). The highest BCUT2D eigenvalue weighted by atomic mass is 16.4. The molecule has 1 aromatic heterocycles. The second-order valence-electron chi connectivity index (χ2n) is 5.04. The predicted octanol–water partition coefficient (Wildman–Crippen LogP) is 1.89. The quantitative estimate of drug-likeness (QED) is 0.870. The van der Waals surface area contributed by atoms with Gasteiger partial charge in [-0.2, -0.15) is 5.10 Å². The molecule has 0 aliphatic heterocycles. The number of rotatable bonds is 5. The van der Waals surface area contributed by atoms with Gasteiger partial charge in [-0.15, -0.1) is 0 Å². The van der Waals surface area contributed by atoms with Crippen molar-refractivity contribution in [3.8, 4) is 0 Å². The summed E-state index contributed by atoms with van der Waals surface area (Å²) in [6, 6.07) is 0.227. The third-order valence-electron chi connectivity index (χ3n) is 3.46. The summed E-state index contributed by atoms with van der Waals surface area (Å²) < 4.78 is 1.85. The Kier molecular flexibility index (Phi) is 4.51. The van der Waals surface area contributed by atoms with Gasteiger partial charge in [0.1, 0.15) is 0 Å². The topological polar surface area (TPSA) is 58.4 Å². The van der Waals surface area contributed by atoms with E-state index in [0.717, 1.165) is 17.0 Å². The van der Waals surface area contributed by atoms with Crippen molar-refractivity contribution in [3.05, 3.63) is 17.0 Å². The molecule has 0 saturated heterocycles. The molecule has 1 heterocycles. The van der Waals surface area contributed by atoms with Gasteiger partial charge in [-0.3, -0.25) is 14.4 Å². The summed E-state index contributed by atoms with van der Waals surface area (Å²) >= 11 is 0. The molecule has 1 atom stereocenters. The minimum Gasteiger partial charge on any atom is -0.480 e. The largest absolute Gasteiger partial charge is 0.480 e. The lowest BCUT2D eigenvalue weighted by atomic mass is 10.0. The Morgan fingerprint density at radius 2 is 1.94 bits per heavy atom. The van der Waals surface area contributed by atoms with Crippen molar-refractivity contribution in [2.75, 3.05) is 6.54 Å². The van der Waals surface area contributed by atoms with Crippen LogP contribution in [0, 0.1) is 13.8 Å². The molecule has 0 amide bonds. The lowest BCUT2D eigenvalue weighted by Gasteiger charge is -2.31. The Morgan fingerprint density at radius 3 is 2.28 bits per heavy atom. The SMILES string of the molecule is Cc1nn(C)c(C)c1C(C)N(CC(=O)O)C(C)C. The van der Waals surface area contributed by atoms with E-state index in [0.29, 0.717) is 0 Å². The Labute approximate surface area is 108 Å². The highest BCUT2D eigenvalue weighted by molar-refractivity contribution is 5.69. The minimum absolute atomic E-state index is 0.0482. The molecule has 0 aliphatic carbocycles. The van der Waals surface area contributed by atoms with Gasteiger partial charge in [-0.1, -0.05) is 0 Å². The van der Waals surface area contributed by atoms with Crippen LogP contribution in [0.2, 0.25) is 0 Å². The zero-order valence-corrected chi connectivity index (χ0v) is 12.1. The number of hydrogen-bond donors (Lipinski definition) is 1. The average molecular weight is 253 g/mol. The summed E-state index contributed by atoms with van der Waals surface area (Å²) in [6.07, 6.45) is 0. The van der Waals surface area contributed by atoms with Gasteiger partial charge in [-0.05, 0) is 34.6 Å². The zero-order valence-electron chi connectivity index (χ0n) is 12.1. The summed E-state index contributed by atoms with van der Waals surface area (Å²) in [4.78, 5) is 12.9. The van der Waals surface area contributed by atoms with E-state index < -0.39 is 5.97 Å². The molecule has 18 heavy (non-hydrogen) atoms. The van der Waals surface area contributed by atoms with Crippen LogP contribution in [0.5, 0.6) is 0 Å². The van der Waals surface area contributed by atoms with E-state index in [1.54, 1.807) is 0 Å². The lowest BCUT2D eigenvalue weighted by Crippen LogP contribution is -2.38. The summed E-state index contributed by atoms with van der Waals surface area (Å²) in [5.74, 6) is -0.797. The summed E-state index contributed by atoms with van der Waals surface area (Å²) in [7, 11) is 1.91. The molecule has 0 spiro atoms. The van der Waals surface area contributed by atoms with E-state index in [1.165, 1.54) is 0 Å². The predicted molar refractivity (Wildman–Crippen MR) is 70.6 cm³/mol. The van der Waals surface area contributed by atoms with Crippen molar-refractivity contribution in [1.82, 2.24) is 14.7 Å². The molecule has 1 unspecified atom stereocenters. The van der Waals surface area contributed by atoms with Crippen molar-refractivity contribution in [2.45, 2.75) is 46.7 Å². The summed E-state index contributed by atoms with van der Waals surface area (Å²) in [6.45, 7) is 10.1. The number of aryl methyl sites for hydroxylation is 2. The molecule has 5 nitrogen and oxygen atoms in total. The molecule has 5 heteroatoms. The Hall–Kier alpha value is -1.36. The molecule has 0 fully saturated rings. The second kappa shape index (κ2) is 5.52. The number of carboxylic acids is 1. The van der Waals surface area contributed by atoms with Crippen LogP contribution in [-0.2, 0) is 11.8 Å². The first kappa shape index (κ1) is 14.7. The van der Waals surface area contributed by atoms with Crippen molar-refractivity contribution in [2.24, 2.45) is 7.05 Å². The molecular weight excluding hydrogens is 230 g/mol. The molecule has 0 saturated carbocycles. The third-order valence-corrected chi connectivity index (χ3v) is 3.46. The molecule has 1 N–H and O–H groups in total. The molecule has 0 radical (unpaired) electrons. The van der Waals surface area contributed by atoms with Gasteiger partial charge >= 0.3 is 5.97 Å². The van der Waals surface area contributed by atoms with E-state index in [4.69, 9.17) is 5.11 Å². The van der Waals surface area contributed by atoms with E-state index in [2.05, 4.69) is 5.10 Å². The summed E-state index contributed by atoms with van der Waals surface area (Å²) in [5.41, 5.74) is 3.20.